The SMILES string of the molecule is CN(C)CCc1cn([Si](C)(C)C)c2cccc(O[Si](C)(C)C)c12. The molecule has 0 spiro atoms. The Hall–Kier alpha value is -1.05. The molecule has 0 saturated heterocycles. The van der Waals surface area contributed by atoms with Crippen molar-refractivity contribution in [3.05, 3.63) is 30.0 Å². The molecule has 0 radical (unpaired) electrons. The zero-order chi connectivity index (χ0) is 17.4. The highest BCUT2D eigenvalue weighted by atomic mass is 28.4. The Labute approximate surface area is 143 Å². The van der Waals surface area contributed by atoms with Crippen molar-refractivity contribution in [2.45, 2.75) is 45.7 Å². The van der Waals surface area contributed by atoms with Crippen molar-refractivity contribution in [1.29, 1.82) is 0 Å². The number of rotatable bonds is 6. The maximum atomic E-state index is 6.42. The Morgan fingerprint density at radius 2 is 1.70 bits per heavy atom. The quantitative estimate of drug-likeness (QED) is 0.707. The summed E-state index contributed by atoms with van der Waals surface area (Å²) in [7, 11) is 1.19. The van der Waals surface area contributed by atoms with Crippen LogP contribution in [-0.4, -0.2) is 46.3 Å². The summed E-state index contributed by atoms with van der Waals surface area (Å²) < 4.78 is 8.95. The van der Waals surface area contributed by atoms with Gasteiger partial charge in [0.2, 0.25) is 8.32 Å². The number of fused-ring (bicyclic) bond motifs is 1. The highest BCUT2D eigenvalue weighted by Gasteiger charge is 2.24. The second-order valence-electron chi connectivity index (χ2n) is 8.61. The molecule has 0 unspecified atom stereocenters. The molecule has 0 amide bonds. The van der Waals surface area contributed by atoms with E-state index in [4.69, 9.17) is 4.43 Å². The highest BCUT2D eigenvalue weighted by Crippen LogP contribution is 2.34. The summed E-state index contributed by atoms with van der Waals surface area (Å²) in [6.07, 6.45) is 3.45. The standard InChI is InChI=1S/C18H32N2OSi2/c1-19(2)13-12-15-14-20(22(3,4)5)16-10-9-11-17(18(15)16)21-23(6,7)8/h9-11,14H,12-13H2,1-8H3. The summed E-state index contributed by atoms with van der Waals surface area (Å²) in [5, 5.41) is 1.33. The molecule has 0 fully saturated rings. The average Bonchev–Trinajstić information content (AvgIpc) is 2.74. The van der Waals surface area contributed by atoms with Gasteiger partial charge in [0.05, 0.1) is 0 Å². The van der Waals surface area contributed by atoms with Crippen LogP contribution in [0.25, 0.3) is 10.9 Å². The summed E-state index contributed by atoms with van der Waals surface area (Å²) in [5.41, 5.74) is 2.76. The molecule has 0 atom stereocenters. The largest absolute Gasteiger partial charge is 0.544 e. The first kappa shape index (κ1) is 18.3. The molecule has 128 valence electrons. The number of hydrogen-bond acceptors (Lipinski definition) is 2. The molecule has 0 bridgehead atoms. The molecular weight excluding hydrogens is 316 g/mol. The van der Waals surface area contributed by atoms with E-state index in [1.54, 1.807) is 0 Å². The van der Waals surface area contributed by atoms with E-state index in [2.05, 4.69) is 86.9 Å². The molecule has 1 aromatic heterocycles. The predicted octanol–water partition coefficient (Wildman–Crippen LogP) is 4.64. The van der Waals surface area contributed by atoms with Crippen LogP contribution in [0.4, 0.5) is 0 Å². The van der Waals surface area contributed by atoms with Crippen LogP contribution < -0.4 is 4.43 Å². The van der Waals surface area contributed by atoms with Crippen LogP contribution in [0.3, 0.4) is 0 Å². The van der Waals surface area contributed by atoms with Crippen LogP contribution in [0.2, 0.25) is 39.3 Å². The molecule has 0 aliphatic carbocycles. The first-order chi connectivity index (χ1) is 10.5. The van der Waals surface area contributed by atoms with E-state index in [1.807, 2.05) is 0 Å². The minimum atomic E-state index is -1.63. The molecule has 0 aliphatic heterocycles. The number of nitrogens with zero attached hydrogens (tertiary/aromatic N) is 2. The van der Waals surface area contributed by atoms with Crippen LogP contribution in [0.15, 0.2) is 24.4 Å². The minimum Gasteiger partial charge on any atom is -0.544 e. The summed E-state index contributed by atoms with van der Waals surface area (Å²) in [4.78, 5) is 2.25. The molecule has 3 nitrogen and oxygen atoms in total. The minimum absolute atomic E-state index is 1.06. The Morgan fingerprint density at radius 1 is 1.04 bits per heavy atom. The van der Waals surface area contributed by atoms with Crippen molar-refractivity contribution in [2.24, 2.45) is 0 Å². The van der Waals surface area contributed by atoms with Gasteiger partial charge in [0.15, 0.2) is 8.24 Å². The van der Waals surface area contributed by atoms with Gasteiger partial charge in [-0.05, 0) is 64.1 Å². The van der Waals surface area contributed by atoms with Crippen LogP contribution in [0, 0.1) is 0 Å². The lowest BCUT2D eigenvalue weighted by Crippen LogP contribution is -2.31. The number of benzene rings is 1. The van der Waals surface area contributed by atoms with Gasteiger partial charge in [0.1, 0.15) is 5.75 Å². The van der Waals surface area contributed by atoms with Crippen LogP contribution in [-0.2, 0) is 6.42 Å². The summed E-state index contributed by atoms with van der Waals surface area (Å²) in [6.45, 7) is 15.0. The van der Waals surface area contributed by atoms with Gasteiger partial charge in [-0.15, -0.1) is 0 Å². The lowest BCUT2D eigenvalue weighted by atomic mass is 10.1. The van der Waals surface area contributed by atoms with Gasteiger partial charge in [0, 0.05) is 17.4 Å². The lowest BCUT2D eigenvalue weighted by Gasteiger charge is -2.22. The fraction of sp³-hybridized carbons (Fsp3) is 0.556. The Kier molecular flexibility index (Phi) is 5.13. The van der Waals surface area contributed by atoms with Gasteiger partial charge >= 0.3 is 0 Å². The van der Waals surface area contributed by atoms with E-state index in [1.165, 1.54) is 16.5 Å². The molecular formula is C18H32N2OSi2. The molecule has 5 heteroatoms. The fourth-order valence-corrected chi connectivity index (χ4v) is 5.12. The van der Waals surface area contributed by atoms with Gasteiger partial charge in [-0.2, -0.15) is 0 Å². The predicted molar refractivity (Wildman–Crippen MR) is 107 cm³/mol. The van der Waals surface area contributed by atoms with E-state index in [9.17, 15) is 0 Å². The molecule has 2 aromatic rings. The zero-order valence-corrected chi connectivity index (χ0v) is 18.0. The average molecular weight is 349 g/mol. The van der Waals surface area contributed by atoms with Gasteiger partial charge in [-0.3, -0.25) is 0 Å². The van der Waals surface area contributed by atoms with Crippen molar-refractivity contribution in [1.82, 2.24) is 9.13 Å². The van der Waals surface area contributed by atoms with Gasteiger partial charge in [-0.25, -0.2) is 0 Å². The number of likely N-dealkylation sites (N-methyl/N-ethyl adjacent to an activating group) is 1. The van der Waals surface area contributed by atoms with Crippen LogP contribution in [0.1, 0.15) is 5.56 Å². The first-order valence-electron chi connectivity index (χ1n) is 8.46. The van der Waals surface area contributed by atoms with Crippen molar-refractivity contribution < 1.29 is 4.43 Å². The number of hydrogen-bond donors (Lipinski definition) is 0. The molecule has 0 N–H and O–H groups in total. The smallest absolute Gasteiger partial charge is 0.242 e. The third kappa shape index (κ3) is 4.49. The van der Waals surface area contributed by atoms with E-state index in [-0.39, 0.29) is 0 Å². The molecule has 1 aromatic carbocycles. The Morgan fingerprint density at radius 3 is 2.22 bits per heavy atom. The van der Waals surface area contributed by atoms with Gasteiger partial charge in [-0.1, -0.05) is 25.7 Å². The van der Waals surface area contributed by atoms with Crippen molar-refractivity contribution in [2.75, 3.05) is 20.6 Å². The van der Waals surface area contributed by atoms with E-state index < -0.39 is 16.6 Å². The Bertz CT molecular complexity index is 679. The highest BCUT2D eigenvalue weighted by molar-refractivity contribution is 6.75. The van der Waals surface area contributed by atoms with Crippen molar-refractivity contribution in [3.63, 3.8) is 0 Å². The van der Waals surface area contributed by atoms with Crippen molar-refractivity contribution in [3.8, 4) is 5.75 Å². The molecule has 2 rings (SSSR count). The second-order valence-corrected chi connectivity index (χ2v) is 17.9. The fourth-order valence-electron chi connectivity index (χ4n) is 2.84. The Balaban J connectivity index is 2.62. The first-order valence-corrected chi connectivity index (χ1v) is 15.3. The molecule has 0 aliphatic rings. The number of aromatic nitrogens is 1. The van der Waals surface area contributed by atoms with Crippen LogP contribution in [0.5, 0.6) is 5.75 Å². The van der Waals surface area contributed by atoms with E-state index in [0.29, 0.717) is 0 Å². The van der Waals surface area contributed by atoms with E-state index in [0.717, 1.165) is 18.7 Å². The third-order valence-electron chi connectivity index (χ3n) is 3.84. The van der Waals surface area contributed by atoms with Crippen LogP contribution >= 0.6 is 0 Å². The topological polar surface area (TPSA) is 17.4 Å². The third-order valence-corrected chi connectivity index (χ3v) is 6.48. The van der Waals surface area contributed by atoms with Gasteiger partial charge < -0.3 is 13.6 Å². The summed E-state index contributed by atoms with van der Waals surface area (Å²) >= 11 is 0. The molecule has 23 heavy (non-hydrogen) atoms. The molecule has 1 heterocycles. The van der Waals surface area contributed by atoms with E-state index >= 15 is 0 Å². The maximum Gasteiger partial charge on any atom is 0.242 e. The second kappa shape index (κ2) is 6.45. The normalized spacial score (nSPS) is 13.1. The monoisotopic (exact) mass is 348 g/mol. The summed E-state index contributed by atoms with van der Waals surface area (Å²) in [6, 6.07) is 6.54. The zero-order valence-electron chi connectivity index (χ0n) is 16.0. The van der Waals surface area contributed by atoms with Gasteiger partial charge in [0.25, 0.3) is 0 Å². The molecule has 0 saturated carbocycles. The van der Waals surface area contributed by atoms with Crippen molar-refractivity contribution >= 4 is 27.5 Å². The maximum absolute atomic E-state index is 6.42. The lowest BCUT2D eigenvalue weighted by molar-refractivity contribution is 0.414. The summed E-state index contributed by atoms with van der Waals surface area (Å²) in [5.74, 6) is 1.08.